The van der Waals surface area contributed by atoms with Crippen LogP contribution >= 0.6 is 0 Å². The Labute approximate surface area is 106 Å². The van der Waals surface area contributed by atoms with Gasteiger partial charge in [-0.25, -0.2) is 0 Å². The van der Waals surface area contributed by atoms with Gasteiger partial charge in [0, 0.05) is 12.1 Å². The van der Waals surface area contributed by atoms with Crippen LogP contribution in [0.15, 0.2) is 12.1 Å². The van der Waals surface area contributed by atoms with Gasteiger partial charge in [-0.15, -0.1) is 0 Å². The first-order valence-electron chi connectivity index (χ1n) is 6.02. The number of aliphatic hydroxyl groups is 1. The van der Waals surface area contributed by atoms with E-state index in [1.807, 2.05) is 26.0 Å². The third-order valence-corrected chi connectivity index (χ3v) is 3.04. The van der Waals surface area contributed by atoms with Crippen molar-refractivity contribution in [3.05, 3.63) is 17.7 Å². The quantitative estimate of drug-likeness (QED) is 0.609. The molecule has 0 bridgehead atoms. The van der Waals surface area contributed by atoms with Gasteiger partial charge in [0.15, 0.2) is 0 Å². The topological polar surface area (TPSA) is 87.4 Å². The van der Waals surface area contributed by atoms with Gasteiger partial charge in [-0.1, -0.05) is 0 Å². The second kappa shape index (κ2) is 4.49. The zero-order chi connectivity index (χ0) is 13.3. The molecule has 1 aromatic rings. The van der Waals surface area contributed by atoms with Gasteiger partial charge < -0.3 is 21.5 Å². The molecular weight excluding hydrogens is 230 g/mol. The van der Waals surface area contributed by atoms with Gasteiger partial charge in [-0.3, -0.25) is 4.79 Å². The van der Waals surface area contributed by atoms with Crippen LogP contribution in [0.2, 0.25) is 0 Å². The molecule has 0 radical (unpaired) electrons. The maximum Gasteiger partial charge on any atom is 0.224 e. The van der Waals surface area contributed by atoms with E-state index in [1.165, 1.54) is 0 Å². The van der Waals surface area contributed by atoms with E-state index in [-0.39, 0.29) is 12.5 Å². The number of anilines is 3. The van der Waals surface area contributed by atoms with Gasteiger partial charge >= 0.3 is 0 Å². The molecule has 0 atom stereocenters. The van der Waals surface area contributed by atoms with E-state index in [9.17, 15) is 9.90 Å². The van der Waals surface area contributed by atoms with Crippen molar-refractivity contribution in [2.45, 2.75) is 32.2 Å². The number of fused-ring (bicyclic) bond motifs is 1. The van der Waals surface area contributed by atoms with Crippen LogP contribution in [-0.4, -0.2) is 23.2 Å². The van der Waals surface area contributed by atoms with E-state index >= 15 is 0 Å². The van der Waals surface area contributed by atoms with E-state index in [0.29, 0.717) is 12.1 Å². The van der Waals surface area contributed by atoms with Crippen molar-refractivity contribution in [2.75, 3.05) is 23.0 Å². The monoisotopic (exact) mass is 249 g/mol. The van der Waals surface area contributed by atoms with Crippen LogP contribution < -0.4 is 16.4 Å². The molecule has 5 nitrogen and oxygen atoms in total. The number of benzene rings is 1. The van der Waals surface area contributed by atoms with E-state index in [0.717, 1.165) is 23.4 Å². The van der Waals surface area contributed by atoms with Crippen molar-refractivity contribution in [2.24, 2.45) is 0 Å². The Balaban J connectivity index is 2.32. The molecule has 1 heterocycles. The highest BCUT2D eigenvalue weighted by Gasteiger charge is 2.20. The number of nitrogens with two attached hydrogens (primary N) is 1. The summed E-state index contributed by atoms with van der Waals surface area (Å²) < 4.78 is 0. The van der Waals surface area contributed by atoms with E-state index < -0.39 is 5.54 Å². The maximum atomic E-state index is 11.4. The average molecular weight is 249 g/mol. The van der Waals surface area contributed by atoms with Gasteiger partial charge in [-0.05, 0) is 38.0 Å². The molecule has 1 aliphatic heterocycles. The minimum Gasteiger partial charge on any atom is -0.397 e. The first-order chi connectivity index (χ1) is 8.41. The SMILES string of the molecule is CC(C)(CO)Nc1cc2c(cc1N)CCC(=O)N2. The highest BCUT2D eigenvalue weighted by molar-refractivity contribution is 5.95. The van der Waals surface area contributed by atoms with E-state index in [4.69, 9.17) is 5.73 Å². The second-order valence-electron chi connectivity index (χ2n) is 5.31. The zero-order valence-electron chi connectivity index (χ0n) is 10.7. The molecule has 0 aliphatic carbocycles. The lowest BCUT2D eigenvalue weighted by Gasteiger charge is -2.27. The Hall–Kier alpha value is -1.75. The standard InChI is InChI=1S/C13H19N3O2/c1-13(2,7-17)16-11-6-10-8(5-9(11)14)3-4-12(18)15-10/h5-6,16-17H,3-4,7,14H2,1-2H3,(H,15,18). The van der Waals surface area contributed by atoms with E-state index in [2.05, 4.69) is 10.6 Å². The van der Waals surface area contributed by atoms with Crippen LogP contribution in [-0.2, 0) is 11.2 Å². The third-order valence-electron chi connectivity index (χ3n) is 3.04. The van der Waals surface area contributed by atoms with Crippen molar-refractivity contribution >= 4 is 23.0 Å². The van der Waals surface area contributed by atoms with Gasteiger partial charge in [0.05, 0.1) is 23.5 Å². The van der Waals surface area contributed by atoms with Gasteiger partial charge in [-0.2, -0.15) is 0 Å². The lowest BCUT2D eigenvalue weighted by molar-refractivity contribution is -0.116. The summed E-state index contributed by atoms with van der Waals surface area (Å²) in [5.41, 5.74) is 8.75. The molecule has 0 fully saturated rings. The highest BCUT2D eigenvalue weighted by atomic mass is 16.3. The number of nitrogens with one attached hydrogen (secondary N) is 2. The summed E-state index contributed by atoms with van der Waals surface area (Å²) in [5, 5.41) is 15.3. The number of hydrogen-bond donors (Lipinski definition) is 4. The molecule has 0 saturated carbocycles. The summed E-state index contributed by atoms with van der Waals surface area (Å²) in [5.74, 6) is 0.0274. The summed E-state index contributed by atoms with van der Waals surface area (Å²) in [7, 11) is 0. The Kier molecular flexibility index (Phi) is 3.17. The normalized spacial score (nSPS) is 14.9. The summed E-state index contributed by atoms with van der Waals surface area (Å²) in [6.45, 7) is 3.75. The van der Waals surface area contributed by atoms with Crippen LogP contribution in [0.25, 0.3) is 0 Å². The van der Waals surface area contributed by atoms with Crippen LogP contribution in [0, 0.1) is 0 Å². The largest absolute Gasteiger partial charge is 0.397 e. The van der Waals surface area contributed by atoms with Crippen LogP contribution in [0.3, 0.4) is 0 Å². The first-order valence-corrected chi connectivity index (χ1v) is 6.02. The molecule has 1 aromatic carbocycles. The molecule has 2 rings (SSSR count). The molecule has 98 valence electrons. The minimum atomic E-state index is -0.457. The van der Waals surface area contributed by atoms with Crippen molar-refractivity contribution in [1.82, 2.24) is 0 Å². The lowest BCUT2D eigenvalue weighted by atomic mass is 10.00. The molecule has 1 aliphatic rings. The third kappa shape index (κ3) is 2.56. The second-order valence-corrected chi connectivity index (χ2v) is 5.31. The summed E-state index contributed by atoms with van der Waals surface area (Å²) >= 11 is 0. The molecular formula is C13H19N3O2. The molecule has 5 heteroatoms. The fourth-order valence-electron chi connectivity index (χ4n) is 1.96. The van der Waals surface area contributed by atoms with Crippen LogP contribution in [0.4, 0.5) is 17.1 Å². The van der Waals surface area contributed by atoms with Gasteiger partial charge in [0.25, 0.3) is 0 Å². The number of amides is 1. The molecule has 18 heavy (non-hydrogen) atoms. The molecule has 0 saturated heterocycles. The minimum absolute atomic E-state index is 0.00408. The predicted octanol–water partition coefficient (Wildman–Crippen LogP) is 1.34. The smallest absolute Gasteiger partial charge is 0.224 e. The lowest BCUT2D eigenvalue weighted by Crippen LogP contribution is -2.35. The van der Waals surface area contributed by atoms with Crippen molar-refractivity contribution < 1.29 is 9.90 Å². The average Bonchev–Trinajstić information content (AvgIpc) is 2.30. The van der Waals surface area contributed by atoms with E-state index in [1.54, 1.807) is 0 Å². The summed E-state index contributed by atoms with van der Waals surface area (Å²) in [6.07, 6.45) is 1.22. The molecule has 0 aromatic heterocycles. The highest BCUT2D eigenvalue weighted by Crippen LogP contribution is 2.32. The van der Waals surface area contributed by atoms with Gasteiger partial charge in [0.1, 0.15) is 0 Å². The molecule has 5 N–H and O–H groups in total. The van der Waals surface area contributed by atoms with Crippen molar-refractivity contribution in [3.8, 4) is 0 Å². The number of aliphatic hydroxyl groups excluding tert-OH is 1. The maximum absolute atomic E-state index is 11.4. The Morgan fingerprint density at radius 2 is 2.17 bits per heavy atom. The fourth-order valence-corrected chi connectivity index (χ4v) is 1.96. The molecule has 1 amide bonds. The number of rotatable bonds is 3. The zero-order valence-corrected chi connectivity index (χ0v) is 10.7. The number of hydrogen-bond acceptors (Lipinski definition) is 4. The first kappa shape index (κ1) is 12.7. The molecule has 0 spiro atoms. The molecule has 0 unspecified atom stereocenters. The fraction of sp³-hybridized carbons (Fsp3) is 0.462. The van der Waals surface area contributed by atoms with Crippen molar-refractivity contribution in [3.63, 3.8) is 0 Å². The summed E-state index contributed by atoms with van der Waals surface area (Å²) in [4.78, 5) is 11.4. The van der Waals surface area contributed by atoms with Gasteiger partial charge in [0.2, 0.25) is 5.91 Å². The summed E-state index contributed by atoms with van der Waals surface area (Å²) in [6, 6.07) is 3.71. The Morgan fingerprint density at radius 1 is 1.44 bits per heavy atom. The Morgan fingerprint density at radius 3 is 2.83 bits per heavy atom. The van der Waals surface area contributed by atoms with Crippen molar-refractivity contribution in [1.29, 1.82) is 0 Å². The van der Waals surface area contributed by atoms with Crippen LogP contribution in [0.5, 0.6) is 0 Å². The number of nitrogen functional groups attached to an aromatic ring is 1. The predicted molar refractivity (Wildman–Crippen MR) is 72.6 cm³/mol. The number of carbonyl (C=O) groups excluding carboxylic acids is 1. The Bertz CT molecular complexity index is 483. The number of carbonyl (C=O) groups is 1. The van der Waals surface area contributed by atoms with Crippen LogP contribution in [0.1, 0.15) is 25.8 Å². The number of aryl methyl sites for hydroxylation is 1.